The molecule has 1 N–H and O–H groups in total. The van der Waals surface area contributed by atoms with E-state index in [1.54, 1.807) is 7.11 Å². The molecule has 0 saturated heterocycles. The molecule has 1 aromatic heterocycles. The molecule has 15 heavy (non-hydrogen) atoms. The maximum absolute atomic E-state index is 5.01. The molecule has 3 nitrogen and oxygen atoms in total. The van der Waals surface area contributed by atoms with Gasteiger partial charge in [-0.2, -0.15) is 0 Å². The van der Waals surface area contributed by atoms with Crippen LogP contribution in [0.1, 0.15) is 25.8 Å². The lowest BCUT2D eigenvalue weighted by Gasteiger charge is -2.06. The van der Waals surface area contributed by atoms with Crippen molar-refractivity contribution >= 4 is 0 Å². The van der Waals surface area contributed by atoms with Gasteiger partial charge in [0.05, 0.1) is 7.11 Å². The van der Waals surface area contributed by atoms with Crippen LogP contribution in [0.3, 0.4) is 0 Å². The highest BCUT2D eigenvalue weighted by molar-refractivity contribution is 5.18. The van der Waals surface area contributed by atoms with E-state index in [4.69, 9.17) is 4.74 Å². The van der Waals surface area contributed by atoms with Gasteiger partial charge in [0.2, 0.25) is 5.88 Å². The Bertz CT molecular complexity index is 332. The zero-order chi connectivity index (χ0) is 10.9. The van der Waals surface area contributed by atoms with Gasteiger partial charge in [0.15, 0.2) is 0 Å². The summed E-state index contributed by atoms with van der Waals surface area (Å²) in [5.41, 5.74) is 1.69. The third-order valence-corrected chi connectivity index (χ3v) is 3.07. The standard InChI is InChI=1S/C12H18N2O/c1-12(2)6-10(12)13-7-9-4-5-11(15-3)14-8-9/h4-5,8,10,13H,6-7H2,1-3H3. The molecule has 0 aromatic carbocycles. The van der Waals surface area contributed by atoms with E-state index in [9.17, 15) is 0 Å². The molecular formula is C12H18N2O. The minimum atomic E-state index is 0.486. The van der Waals surface area contributed by atoms with Crippen LogP contribution in [0.2, 0.25) is 0 Å². The highest BCUT2D eigenvalue weighted by Crippen LogP contribution is 2.44. The highest BCUT2D eigenvalue weighted by Gasteiger charge is 2.44. The molecule has 0 spiro atoms. The van der Waals surface area contributed by atoms with Gasteiger partial charge in [0.25, 0.3) is 0 Å². The van der Waals surface area contributed by atoms with Gasteiger partial charge in [-0.1, -0.05) is 19.9 Å². The van der Waals surface area contributed by atoms with Crippen LogP contribution in [-0.2, 0) is 6.54 Å². The Labute approximate surface area is 90.9 Å². The monoisotopic (exact) mass is 206 g/mol. The lowest BCUT2D eigenvalue weighted by Crippen LogP contribution is -2.19. The topological polar surface area (TPSA) is 34.1 Å². The number of nitrogens with zero attached hydrogens (tertiary/aromatic N) is 1. The van der Waals surface area contributed by atoms with Crippen molar-refractivity contribution in [3.05, 3.63) is 23.9 Å². The maximum atomic E-state index is 5.01. The van der Waals surface area contributed by atoms with Gasteiger partial charge in [0.1, 0.15) is 0 Å². The second kappa shape index (κ2) is 3.81. The van der Waals surface area contributed by atoms with E-state index in [0.717, 1.165) is 6.54 Å². The van der Waals surface area contributed by atoms with Crippen LogP contribution in [0.5, 0.6) is 5.88 Å². The molecule has 82 valence electrons. The Morgan fingerprint density at radius 3 is 2.73 bits per heavy atom. The fourth-order valence-corrected chi connectivity index (χ4v) is 1.69. The zero-order valence-corrected chi connectivity index (χ0v) is 9.58. The number of ether oxygens (including phenoxy) is 1. The molecule has 1 heterocycles. The van der Waals surface area contributed by atoms with Gasteiger partial charge in [-0.3, -0.25) is 0 Å². The second-order valence-corrected chi connectivity index (χ2v) is 4.84. The molecule has 1 aliphatic rings. The Hall–Kier alpha value is -1.09. The minimum Gasteiger partial charge on any atom is -0.481 e. The van der Waals surface area contributed by atoms with Crippen molar-refractivity contribution in [2.24, 2.45) is 5.41 Å². The molecule has 1 atom stereocenters. The third kappa shape index (κ3) is 2.48. The van der Waals surface area contributed by atoms with E-state index in [0.29, 0.717) is 17.3 Å². The summed E-state index contributed by atoms with van der Waals surface area (Å²) >= 11 is 0. The van der Waals surface area contributed by atoms with Crippen LogP contribution < -0.4 is 10.1 Å². The Morgan fingerprint density at radius 2 is 2.27 bits per heavy atom. The number of nitrogens with one attached hydrogen (secondary N) is 1. The second-order valence-electron chi connectivity index (χ2n) is 4.84. The molecule has 3 heteroatoms. The van der Waals surface area contributed by atoms with Crippen molar-refractivity contribution in [1.82, 2.24) is 10.3 Å². The van der Waals surface area contributed by atoms with Gasteiger partial charge < -0.3 is 10.1 Å². The summed E-state index contributed by atoms with van der Waals surface area (Å²) in [5, 5.41) is 3.52. The zero-order valence-electron chi connectivity index (χ0n) is 9.58. The molecule has 1 saturated carbocycles. The van der Waals surface area contributed by atoms with Crippen LogP contribution >= 0.6 is 0 Å². The van der Waals surface area contributed by atoms with Crippen molar-refractivity contribution in [1.29, 1.82) is 0 Å². The summed E-state index contributed by atoms with van der Waals surface area (Å²) < 4.78 is 5.01. The van der Waals surface area contributed by atoms with Gasteiger partial charge in [-0.15, -0.1) is 0 Å². The first-order chi connectivity index (χ1) is 7.12. The largest absolute Gasteiger partial charge is 0.481 e. The van der Waals surface area contributed by atoms with E-state index in [1.165, 1.54) is 12.0 Å². The van der Waals surface area contributed by atoms with Crippen LogP contribution in [-0.4, -0.2) is 18.1 Å². The fraction of sp³-hybridized carbons (Fsp3) is 0.583. The number of pyridine rings is 1. The van der Waals surface area contributed by atoms with Crippen LogP contribution in [0.4, 0.5) is 0 Å². The van der Waals surface area contributed by atoms with Crippen molar-refractivity contribution in [3.8, 4) is 5.88 Å². The first-order valence-electron chi connectivity index (χ1n) is 5.34. The Morgan fingerprint density at radius 1 is 1.53 bits per heavy atom. The van der Waals surface area contributed by atoms with Crippen molar-refractivity contribution < 1.29 is 4.74 Å². The average molecular weight is 206 g/mol. The summed E-state index contributed by atoms with van der Waals surface area (Å²) in [6.45, 7) is 5.47. The van der Waals surface area contributed by atoms with E-state index in [2.05, 4.69) is 24.1 Å². The molecule has 0 amide bonds. The third-order valence-electron chi connectivity index (χ3n) is 3.07. The first kappa shape index (κ1) is 10.4. The molecule has 1 aromatic rings. The Kier molecular flexibility index (Phi) is 2.65. The number of hydrogen-bond acceptors (Lipinski definition) is 3. The van der Waals surface area contributed by atoms with E-state index in [1.807, 2.05) is 18.3 Å². The first-order valence-corrected chi connectivity index (χ1v) is 5.34. The maximum Gasteiger partial charge on any atom is 0.212 e. The Balaban J connectivity index is 1.84. The highest BCUT2D eigenvalue weighted by atomic mass is 16.5. The summed E-state index contributed by atoms with van der Waals surface area (Å²) in [7, 11) is 1.63. The molecular weight excluding hydrogens is 188 g/mol. The molecule has 2 rings (SSSR count). The van der Waals surface area contributed by atoms with Crippen LogP contribution in [0, 0.1) is 5.41 Å². The average Bonchev–Trinajstić information content (AvgIpc) is 2.84. The predicted molar refractivity (Wildman–Crippen MR) is 59.8 cm³/mol. The number of methoxy groups -OCH3 is 1. The molecule has 0 aliphatic heterocycles. The van der Waals surface area contributed by atoms with Gasteiger partial charge in [-0.25, -0.2) is 4.98 Å². The van der Waals surface area contributed by atoms with E-state index >= 15 is 0 Å². The normalized spacial score (nSPS) is 22.5. The number of hydrogen-bond donors (Lipinski definition) is 1. The van der Waals surface area contributed by atoms with Crippen molar-refractivity contribution in [2.45, 2.75) is 32.9 Å². The van der Waals surface area contributed by atoms with Gasteiger partial charge in [-0.05, 0) is 17.4 Å². The molecule has 1 unspecified atom stereocenters. The van der Waals surface area contributed by atoms with Crippen LogP contribution in [0.15, 0.2) is 18.3 Å². The molecule has 0 bridgehead atoms. The fourth-order valence-electron chi connectivity index (χ4n) is 1.69. The van der Waals surface area contributed by atoms with Crippen LogP contribution in [0.25, 0.3) is 0 Å². The summed E-state index contributed by atoms with van der Waals surface area (Å²) in [4.78, 5) is 4.17. The molecule has 1 aliphatic carbocycles. The van der Waals surface area contributed by atoms with E-state index < -0.39 is 0 Å². The SMILES string of the molecule is COc1ccc(CNC2CC2(C)C)cn1. The van der Waals surface area contributed by atoms with Crippen molar-refractivity contribution in [2.75, 3.05) is 7.11 Å². The predicted octanol–water partition coefficient (Wildman–Crippen LogP) is 1.98. The quantitative estimate of drug-likeness (QED) is 0.818. The van der Waals surface area contributed by atoms with Gasteiger partial charge in [0, 0.05) is 24.8 Å². The number of rotatable bonds is 4. The van der Waals surface area contributed by atoms with Crippen molar-refractivity contribution in [3.63, 3.8) is 0 Å². The number of aromatic nitrogens is 1. The molecule has 0 radical (unpaired) electrons. The smallest absolute Gasteiger partial charge is 0.212 e. The van der Waals surface area contributed by atoms with E-state index in [-0.39, 0.29) is 0 Å². The lowest BCUT2D eigenvalue weighted by molar-refractivity contribution is 0.397. The van der Waals surface area contributed by atoms with Gasteiger partial charge >= 0.3 is 0 Å². The molecule has 1 fully saturated rings. The summed E-state index contributed by atoms with van der Waals surface area (Å²) in [6.07, 6.45) is 3.14. The minimum absolute atomic E-state index is 0.486. The summed E-state index contributed by atoms with van der Waals surface area (Å²) in [5.74, 6) is 0.672. The lowest BCUT2D eigenvalue weighted by atomic mass is 10.2. The summed E-state index contributed by atoms with van der Waals surface area (Å²) in [6, 6.07) is 4.61.